The number of amides is 2. The number of nitrogens with one attached hydrogen (secondary N) is 1. The highest BCUT2D eigenvalue weighted by molar-refractivity contribution is 5.74. The zero-order valence-corrected chi connectivity index (χ0v) is 12.3. The SMILES string of the molecule is CC(C)N(CCCC(=O)O)C(=O)NCc1cccc(F)c1. The molecule has 5 nitrogen and oxygen atoms in total. The number of nitrogens with zero attached hydrogens (tertiary/aromatic N) is 1. The molecule has 21 heavy (non-hydrogen) atoms. The summed E-state index contributed by atoms with van der Waals surface area (Å²) in [6.07, 6.45) is 0.432. The predicted molar refractivity (Wildman–Crippen MR) is 77.3 cm³/mol. The van der Waals surface area contributed by atoms with Crippen LogP contribution in [0.4, 0.5) is 9.18 Å². The van der Waals surface area contributed by atoms with Crippen molar-refractivity contribution in [3.63, 3.8) is 0 Å². The monoisotopic (exact) mass is 296 g/mol. The van der Waals surface area contributed by atoms with Crippen LogP contribution in [-0.4, -0.2) is 34.6 Å². The molecule has 0 saturated heterocycles. The van der Waals surface area contributed by atoms with Crippen LogP contribution in [0.3, 0.4) is 0 Å². The van der Waals surface area contributed by atoms with Crippen molar-refractivity contribution < 1.29 is 19.1 Å². The van der Waals surface area contributed by atoms with Crippen molar-refractivity contribution in [2.45, 2.75) is 39.3 Å². The van der Waals surface area contributed by atoms with E-state index in [1.54, 1.807) is 17.0 Å². The van der Waals surface area contributed by atoms with Crippen LogP contribution >= 0.6 is 0 Å². The summed E-state index contributed by atoms with van der Waals surface area (Å²) in [6, 6.07) is 5.71. The van der Waals surface area contributed by atoms with Gasteiger partial charge in [-0.3, -0.25) is 4.79 Å². The summed E-state index contributed by atoms with van der Waals surface area (Å²) < 4.78 is 13.0. The van der Waals surface area contributed by atoms with Crippen LogP contribution in [0.1, 0.15) is 32.3 Å². The van der Waals surface area contributed by atoms with Crippen LogP contribution in [0.2, 0.25) is 0 Å². The summed E-state index contributed by atoms with van der Waals surface area (Å²) in [4.78, 5) is 24.2. The van der Waals surface area contributed by atoms with Crippen molar-refractivity contribution in [1.29, 1.82) is 0 Å². The number of carboxylic acid groups (broad SMARTS) is 1. The first-order chi connectivity index (χ1) is 9.90. The fourth-order valence-corrected chi connectivity index (χ4v) is 1.92. The first-order valence-corrected chi connectivity index (χ1v) is 6.91. The number of carbonyl (C=O) groups excluding carboxylic acids is 1. The number of hydrogen-bond donors (Lipinski definition) is 2. The third-order valence-corrected chi connectivity index (χ3v) is 3.01. The fourth-order valence-electron chi connectivity index (χ4n) is 1.92. The highest BCUT2D eigenvalue weighted by Gasteiger charge is 2.16. The Bertz CT molecular complexity index is 492. The molecule has 0 unspecified atom stereocenters. The van der Waals surface area contributed by atoms with E-state index in [1.807, 2.05) is 13.8 Å². The molecule has 6 heteroatoms. The van der Waals surface area contributed by atoms with Crippen molar-refractivity contribution in [2.24, 2.45) is 0 Å². The van der Waals surface area contributed by atoms with E-state index in [9.17, 15) is 14.0 Å². The Morgan fingerprint density at radius 2 is 2.10 bits per heavy atom. The van der Waals surface area contributed by atoms with E-state index < -0.39 is 5.97 Å². The molecule has 1 aromatic carbocycles. The number of halogens is 1. The zero-order chi connectivity index (χ0) is 15.8. The van der Waals surface area contributed by atoms with Crippen LogP contribution in [0.5, 0.6) is 0 Å². The van der Waals surface area contributed by atoms with Gasteiger partial charge in [0.1, 0.15) is 5.82 Å². The van der Waals surface area contributed by atoms with Crippen molar-refractivity contribution in [1.82, 2.24) is 10.2 Å². The Hall–Kier alpha value is -2.11. The van der Waals surface area contributed by atoms with Crippen LogP contribution in [0, 0.1) is 5.82 Å². The van der Waals surface area contributed by atoms with Gasteiger partial charge in [0.05, 0.1) is 0 Å². The Morgan fingerprint density at radius 3 is 2.67 bits per heavy atom. The number of rotatable bonds is 7. The average Bonchev–Trinajstić information content (AvgIpc) is 2.40. The van der Waals surface area contributed by atoms with Gasteiger partial charge >= 0.3 is 12.0 Å². The second-order valence-electron chi connectivity index (χ2n) is 5.07. The van der Waals surface area contributed by atoms with Crippen molar-refractivity contribution in [2.75, 3.05) is 6.54 Å². The third kappa shape index (κ3) is 6.25. The van der Waals surface area contributed by atoms with Crippen molar-refractivity contribution in [3.8, 4) is 0 Å². The summed E-state index contributed by atoms with van der Waals surface area (Å²) in [5.41, 5.74) is 0.678. The molecular formula is C15H21FN2O3. The van der Waals surface area contributed by atoms with Crippen molar-refractivity contribution >= 4 is 12.0 Å². The van der Waals surface area contributed by atoms with E-state index in [0.717, 1.165) is 0 Å². The molecule has 0 bridgehead atoms. The summed E-state index contributed by atoms with van der Waals surface area (Å²) in [7, 11) is 0. The summed E-state index contributed by atoms with van der Waals surface area (Å²) in [5.74, 6) is -1.22. The van der Waals surface area contributed by atoms with E-state index in [-0.39, 0.29) is 30.9 Å². The number of hydrogen-bond acceptors (Lipinski definition) is 2. The van der Waals surface area contributed by atoms with Gasteiger partial charge in [-0.2, -0.15) is 0 Å². The smallest absolute Gasteiger partial charge is 0.317 e. The molecule has 116 valence electrons. The molecule has 0 spiro atoms. The largest absolute Gasteiger partial charge is 0.481 e. The normalized spacial score (nSPS) is 10.5. The standard InChI is InChI=1S/C15H21FN2O3/c1-11(2)18(8-4-7-14(19)20)15(21)17-10-12-5-3-6-13(16)9-12/h3,5-6,9,11H,4,7-8,10H2,1-2H3,(H,17,21)(H,19,20). The third-order valence-electron chi connectivity index (χ3n) is 3.01. The molecule has 0 heterocycles. The Labute approximate surface area is 123 Å². The van der Waals surface area contributed by atoms with Gasteiger partial charge in [-0.15, -0.1) is 0 Å². The molecule has 0 aliphatic heterocycles. The second-order valence-corrected chi connectivity index (χ2v) is 5.07. The van der Waals surface area contributed by atoms with Crippen LogP contribution in [0.15, 0.2) is 24.3 Å². The molecular weight excluding hydrogens is 275 g/mol. The zero-order valence-electron chi connectivity index (χ0n) is 12.3. The maximum atomic E-state index is 13.0. The molecule has 2 amide bonds. The van der Waals surface area contributed by atoms with Crippen LogP contribution in [0.25, 0.3) is 0 Å². The summed E-state index contributed by atoms with van der Waals surface area (Å²) in [6.45, 7) is 4.34. The van der Waals surface area contributed by atoms with E-state index >= 15 is 0 Å². The van der Waals surface area contributed by atoms with Gasteiger partial charge in [-0.25, -0.2) is 9.18 Å². The number of aliphatic carboxylic acids is 1. The van der Waals surface area contributed by atoms with E-state index in [0.29, 0.717) is 18.5 Å². The molecule has 2 N–H and O–H groups in total. The Morgan fingerprint density at radius 1 is 1.38 bits per heavy atom. The average molecular weight is 296 g/mol. The highest BCUT2D eigenvalue weighted by atomic mass is 19.1. The molecule has 0 aliphatic carbocycles. The summed E-state index contributed by atoms with van der Waals surface area (Å²) in [5, 5.41) is 11.3. The summed E-state index contributed by atoms with van der Waals surface area (Å²) >= 11 is 0. The van der Waals surface area contributed by atoms with Gasteiger partial charge in [0.25, 0.3) is 0 Å². The minimum atomic E-state index is -0.876. The van der Waals surface area contributed by atoms with Crippen molar-refractivity contribution in [3.05, 3.63) is 35.6 Å². The maximum Gasteiger partial charge on any atom is 0.317 e. The molecule has 0 aliphatic rings. The van der Waals surface area contributed by atoms with Gasteiger partial charge in [0.2, 0.25) is 0 Å². The number of urea groups is 1. The molecule has 1 rings (SSSR count). The Kier molecular flexibility index (Phi) is 6.65. The number of carbonyl (C=O) groups is 2. The topological polar surface area (TPSA) is 69.6 Å². The first-order valence-electron chi connectivity index (χ1n) is 6.91. The second kappa shape index (κ2) is 8.24. The number of carboxylic acids is 1. The minimum absolute atomic E-state index is 0.0282. The highest BCUT2D eigenvalue weighted by Crippen LogP contribution is 2.06. The van der Waals surface area contributed by atoms with Gasteiger partial charge < -0.3 is 15.3 Å². The van der Waals surface area contributed by atoms with Gasteiger partial charge in [-0.05, 0) is 38.0 Å². The quantitative estimate of drug-likeness (QED) is 0.812. The van der Waals surface area contributed by atoms with Gasteiger partial charge in [0.15, 0.2) is 0 Å². The lowest BCUT2D eigenvalue weighted by Crippen LogP contribution is -2.44. The van der Waals surface area contributed by atoms with Crippen LogP contribution in [-0.2, 0) is 11.3 Å². The number of benzene rings is 1. The molecule has 0 aromatic heterocycles. The van der Waals surface area contributed by atoms with Gasteiger partial charge in [0, 0.05) is 25.6 Å². The molecule has 1 aromatic rings. The van der Waals surface area contributed by atoms with Crippen LogP contribution < -0.4 is 5.32 Å². The van der Waals surface area contributed by atoms with Gasteiger partial charge in [-0.1, -0.05) is 12.1 Å². The molecule has 0 fully saturated rings. The van der Waals surface area contributed by atoms with E-state index in [4.69, 9.17) is 5.11 Å². The van der Waals surface area contributed by atoms with E-state index in [2.05, 4.69) is 5.32 Å². The minimum Gasteiger partial charge on any atom is -0.481 e. The lowest BCUT2D eigenvalue weighted by Gasteiger charge is -2.26. The Balaban J connectivity index is 2.50. The molecule has 0 saturated carbocycles. The predicted octanol–water partition coefficient (Wildman–Crippen LogP) is 2.61. The fraction of sp³-hybridized carbons (Fsp3) is 0.467. The van der Waals surface area contributed by atoms with E-state index in [1.165, 1.54) is 12.1 Å². The lowest BCUT2D eigenvalue weighted by atomic mass is 10.2. The molecule has 0 atom stereocenters. The lowest BCUT2D eigenvalue weighted by molar-refractivity contribution is -0.137. The molecule has 0 radical (unpaired) electrons. The maximum absolute atomic E-state index is 13.0. The first kappa shape index (κ1) is 16.9.